The average Bonchev–Trinajstić information content (AvgIpc) is 2.19. The predicted molar refractivity (Wildman–Crippen MR) is 55.2 cm³/mol. The van der Waals surface area contributed by atoms with Crippen LogP contribution in [0.15, 0.2) is 4.99 Å². The van der Waals surface area contributed by atoms with Crippen molar-refractivity contribution in [1.29, 1.82) is 0 Å². The number of hydroxylamine groups is 1. The third-order valence-electron chi connectivity index (χ3n) is 1.92. The molecule has 0 aromatic heterocycles. The molecule has 76 valence electrons. The Labute approximate surface area is 82.3 Å². The molecule has 1 rings (SSSR count). The molecule has 1 aliphatic heterocycles. The summed E-state index contributed by atoms with van der Waals surface area (Å²) < 4.78 is 0. The summed E-state index contributed by atoms with van der Waals surface area (Å²) in [5.41, 5.74) is 7.06. The Morgan fingerprint density at radius 2 is 2.23 bits per heavy atom. The Balaban J connectivity index is 2.10. The minimum Gasteiger partial charge on any atom is -0.368 e. The summed E-state index contributed by atoms with van der Waals surface area (Å²) in [5, 5.41) is 8.35. The molecule has 1 aliphatic rings. The van der Waals surface area contributed by atoms with Gasteiger partial charge in [-0.05, 0) is 0 Å². The molecule has 0 bridgehead atoms. The first kappa shape index (κ1) is 10.6. The summed E-state index contributed by atoms with van der Waals surface area (Å²) in [6, 6.07) is 0. The van der Waals surface area contributed by atoms with Gasteiger partial charge in [-0.1, -0.05) is 0 Å². The summed E-state index contributed by atoms with van der Waals surface area (Å²) in [7, 11) is 0. The van der Waals surface area contributed by atoms with Crippen molar-refractivity contribution >= 4 is 17.7 Å². The lowest BCUT2D eigenvalue weighted by atomic mass is 10.4. The highest BCUT2D eigenvalue weighted by atomic mass is 32.2. The lowest BCUT2D eigenvalue weighted by molar-refractivity contribution is 0.232. The molecule has 6 heteroatoms. The van der Waals surface area contributed by atoms with E-state index < -0.39 is 0 Å². The molecule has 0 unspecified atom stereocenters. The first-order chi connectivity index (χ1) is 6.33. The zero-order valence-corrected chi connectivity index (χ0v) is 8.39. The van der Waals surface area contributed by atoms with Crippen LogP contribution in [0.25, 0.3) is 0 Å². The normalized spacial score (nSPS) is 20.2. The highest BCUT2D eigenvalue weighted by molar-refractivity contribution is 7.99. The summed E-state index contributed by atoms with van der Waals surface area (Å²) in [6.07, 6.45) is 0. The third-order valence-corrected chi connectivity index (χ3v) is 2.86. The maximum atomic E-state index is 8.35. The van der Waals surface area contributed by atoms with E-state index in [1.165, 1.54) is 11.5 Å². The second-order valence-electron chi connectivity index (χ2n) is 2.83. The Kier molecular flexibility index (Phi) is 4.95. The van der Waals surface area contributed by atoms with E-state index in [2.05, 4.69) is 9.89 Å². The minimum atomic E-state index is 0.0892. The van der Waals surface area contributed by atoms with Crippen molar-refractivity contribution in [1.82, 2.24) is 10.4 Å². The standard InChI is InChI=1S/C7H16N4OS/c8-7(10-12)9-1-2-11-3-5-13-6-4-11/h12H,1-6H2,(H3,8,9,10). The number of nitrogens with zero attached hydrogens (tertiary/aromatic N) is 2. The van der Waals surface area contributed by atoms with Crippen LogP contribution in [0, 0.1) is 0 Å². The molecule has 13 heavy (non-hydrogen) atoms. The smallest absolute Gasteiger partial charge is 0.212 e. The van der Waals surface area contributed by atoms with Gasteiger partial charge in [0, 0.05) is 31.1 Å². The van der Waals surface area contributed by atoms with Crippen molar-refractivity contribution in [3.8, 4) is 0 Å². The van der Waals surface area contributed by atoms with E-state index in [4.69, 9.17) is 10.9 Å². The number of hydrogen-bond acceptors (Lipinski definition) is 4. The summed E-state index contributed by atoms with van der Waals surface area (Å²) >= 11 is 1.99. The number of rotatable bonds is 3. The van der Waals surface area contributed by atoms with E-state index in [0.717, 1.165) is 19.6 Å². The molecule has 0 atom stereocenters. The van der Waals surface area contributed by atoms with Crippen LogP contribution in [-0.2, 0) is 0 Å². The van der Waals surface area contributed by atoms with Gasteiger partial charge in [0.05, 0.1) is 6.54 Å². The number of guanidine groups is 1. The molecular weight excluding hydrogens is 188 g/mol. The van der Waals surface area contributed by atoms with Gasteiger partial charge in [0.2, 0.25) is 5.96 Å². The summed E-state index contributed by atoms with van der Waals surface area (Å²) in [5.74, 6) is 2.50. The number of nitrogens with one attached hydrogen (secondary N) is 1. The average molecular weight is 204 g/mol. The van der Waals surface area contributed by atoms with E-state index in [9.17, 15) is 0 Å². The van der Waals surface area contributed by atoms with Crippen LogP contribution in [0.3, 0.4) is 0 Å². The van der Waals surface area contributed by atoms with Gasteiger partial charge in [0.1, 0.15) is 0 Å². The topological polar surface area (TPSA) is 73.9 Å². The second-order valence-corrected chi connectivity index (χ2v) is 4.06. The van der Waals surface area contributed by atoms with E-state index in [0.29, 0.717) is 6.54 Å². The molecule has 0 aliphatic carbocycles. The maximum absolute atomic E-state index is 8.35. The maximum Gasteiger partial charge on any atom is 0.212 e. The molecular formula is C7H16N4OS. The van der Waals surface area contributed by atoms with Gasteiger partial charge < -0.3 is 5.73 Å². The molecule has 0 spiro atoms. The van der Waals surface area contributed by atoms with Crippen LogP contribution in [0.1, 0.15) is 0 Å². The van der Waals surface area contributed by atoms with Gasteiger partial charge in [0.25, 0.3) is 0 Å². The first-order valence-electron chi connectivity index (χ1n) is 4.33. The van der Waals surface area contributed by atoms with Crippen molar-refractivity contribution in [3.05, 3.63) is 0 Å². The second kappa shape index (κ2) is 6.06. The van der Waals surface area contributed by atoms with Crippen LogP contribution in [0.4, 0.5) is 0 Å². The molecule has 0 radical (unpaired) electrons. The third kappa shape index (κ3) is 4.35. The van der Waals surface area contributed by atoms with Crippen molar-refractivity contribution in [2.75, 3.05) is 37.7 Å². The molecule has 0 saturated carbocycles. The number of hydrogen-bond donors (Lipinski definition) is 3. The Bertz CT molecular complexity index is 170. The fourth-order valence-corrected chi connectivity index (χ4v) is 2.15. The van der Waals surface area contributed by atoms with Crippen molar-refractivity contribution in [3.63, 3.8) is 0 Å². The van der Waals surface area contributed by atoms with Crippen LogP contribution in [0.5, 0.6) is 0 Å². The number of aliphatic imine (C=N–C) groups is 1. The summed E-state index contributed by atoms with van der Waals surface area (Å²) in [6.45, 7) is 3.83. The van der Waals surface area contributed by atoms with Gasteiger partial charge in [-0.25, -0.2) is 5.48 Å². The van der Waals surface area contributed by atoms with Crippen molar-refractivity contribution in [2.45, 2.75) is 0 Å². The van der Waals surface area contributed by atoms with Gasteiger partial charge in [0.15, 0.2) is 0 Å². The number of thioether (sulfide) groups is 1. The quantitative estimate of drug-likeness (QED) is 0.323. The lowest BCUT2D eigenvalue weighted by Gasteiger charge is -2.25. The van der Waals surface area contributed by atoms with Crippen molar-refractivity contribution < 1.29 is 5.21 Å². The largest absolute Gasteiger partial charge is 0.368 e. The minimum absolute atomic E-state index is 0.0892. The molecule has 1 saturated heterocycles. The Morgan fingerprint density at radius 3 is 2.85 bits per heavy atom. The predicted octanol–water partition coefficient (Wildman–Crippen LogP) is -0.671. The zero-order chi connectivity index (χ0) is 9.52. The van der Waals surface area contributed by atoms with Crippen LogP contribution in [-0.4, -0.2) is 53.8 Å². The Morgan fingerprint density at radius 1 is 1.54 bits per heavy atom. The van der Waals surface area contributed by atoms with Crippen molar-refractivity contribution in [2.24, 2.45) is 10.7 Å². The fraction of sp³-hybridized carbons (Fsp3) is 0.857. The molecule has 1 heterocycles. The molecule has 0 amide bonds. The first-order valence-corrected chi connectivity index (χ1v) is 5.48. The monoisotopic (exact) mass is 204 g/mol. The highest BCUT2D eigenvalue weighted by Gasteiger charge is 2.08. The molecule has 0 aromatic rings. The lowest BCUT2D eigenvalue weighted by Crippen LogP contribution is -2.35. The zero-order valence-electron chi connectivity index (χ0n) is 7.57. The van der Waals surface area contributed by atoms with Gasteiger partial charge in [-0.15, -0.1) is 0 Å². The molecule has 4 N–H and O–H groups in total. The summed E-state index contributed by atoms with van der Waals surface area (Å²) in [4.78, 5) is 6.27. The van der Waals surface area contributed by atoms with E-state index in [-0.39, 0.29) is 5.96 Å². The molecule has 1 fully saturated rings. The van der Waals surface area contributed by atoms with Crippen LogP contribution < -0.4 is 11.2 Å². The molecule has 5 nitrogen and oxygen atoms in total. The van der Waals surface area contributed by atoms with Crippen LogP contribution in [0.2, 0.25) is 0 Å². The highest BCUT2D eigenvalue weighted by Crippen LogP contribution is 2.07. The SMILES string of the molecule is NC(=NCCN1CCSCC1)NO. The fourth-order valence-electron chi connectivity index (χ4n) is 1.17. The van der Waals surface area contributed by atoms with E-state index >= 15 is 0 Å². The van der Waals surface area contributed by atoms with Crippen LogP contribution >= 0.6 is 11.8 Å². The Hall–Kier alpha value is -0.460. The molecule has 0 aromatic carbocycles. The van der Waals surface area contributed by atoms with Gasteiger partial charge in [-0.3, -0.25) is 15.1 Å². The van der Waals surface area contributed by atoms with E-state index in [1.54, 1.807) is 0 Å². The number of nitrogens with two attached hydrogens (primary N) is 1. The van der Waals surface area contributed by atoms with E-state index in [1.807, 2.05) is 17.2 Å². The van der Waals surface area contributed by atoms with Gasteiger partial charge in [-0.2, -0.15) is 11.8 Å². The van der Waals surface area contributed by atoms with Gasteiger partial charge >= 0.3 is 0 Å².